The van der Waals surface area contributed by atoms with Crippen LogP contribution in [-0.2, 0) is 17.8 Å². The molecule has 0 bridgehead atoms. The van der Waals surface area contributed by atoms with Crippen LogP contribution in [0.25, 0.3) is 0 Å². The predicted octanol–water partition coefficient (Wildman–Crippen LogP) is 1.73. The van der Waals surface area contributed by atoms with E-state index in [-0.39, 0.29) is 0 Å². The molecule has 0 saturated heterocycles. The van der Waals surface area contributed by atoms with Gasteiger partial charge in [-0.2, -0.15) is 5.10 Å². The minimum atomic E-state index is 0.736. The number of aromatic nitrogens is 2. The van der Waals surface area contributed by atoms with Crippen LogP contribution in [-0.4, -0.2) is 29.5 Å². The van der Waals surface area contributed by atoms with Gasteiger partial charge in [-0.05, 0) is 26.8 Å². The molecule has 0 fully saturated rings. The molecule has 0 amide bonds. The van der Waals surface area contributed by atoms with Crippen molar-refractivity contribution in [2.75, 3.05) is 19.8 Å². The van der Waals surface area contributed by atoms with E-state index in [9.17, 15) is 0 Å². The van der Waals surface area contributed by atoms with Gasteiger partial charge in [-0.1, -0.05) is 6.92 Å². The number of ether oxygens (including phenoxy) is 1. The molecule has 0 spiro atoms. The highest BCUT2D eigenvalue weighted by molar-refractivity contribution is 5.14. The lowest BCUT2D eigenvalue weighted by atomic mass is 10.2. The molecule has 0 atom stereocenters. The predicted molar refractivity (Wildman–Crippen MR) is 65.5 cm³/mol. The second kappa shape index (κ2) is 7.41. The fourth-order valence-corrected chi connectivity index (χ4v) is 1.55. The first-order chi connectivity index (χ1) is 7.77. The Morgan fingerprint density at radius 3 is 2.94 bits per heavy atom. The van der Waals surface area contributed by atoms with E-state index in [0.717, 1.165) is 45.0 Å². The van der Waals surface area contributed by atoms with Gasteiger partial charge in [0.05, 0.1) is 18.8 Å². The zero-order chi connectivity index (χ0) is 11.8. The number of nitrogens with one attached hydrogen (secondary N) is 1. The average Bonchev–Trinajstić information content (AvgIpc) is 2.61. The third kappa shape index (κ3) is 4.33. The van der Waals surface area contributed by atoms with Crippen molar-refractivity contribution >= 4 is 0 Å². The summed E-state index contributed by atoms with van der Waals surface area (Å²) in [7, 11) is 0. The van der Waals surface area contributed by atoms with Crippen LogP contribution in [0.3, 0.4) is 0 Å². The molecular weight excluding hydrogens is 202 g/mol. The van der Waals surface area contributed by atoms with Gasteiger partial charge in [0.25, 0.3) is 0 Å². The molecule has 16 heavy (non-hydrogen) atoms. The van der Waals surface area contributed by atoms with E-state index in [0.29, 0.717) is 0 Å². The summed E-state index contributed by atoms with van der Waals surface area (Å²) in [5.41, 5.74) is 2.39. The van der Waals surface area contributed by atoms with Gasteiger partial charge >= 0.3 is 0 Å². The smallest absolute Gasteiger partial charge is 0.0662 e. The SMILES string of the molecule is CCCNCc1cn(CCOCC)nc1C. The Balaban J connectivity index is 2.39. The first kappa shape index (κ1) is 13.2. The number of hydrogen-bond acceptors (Lipinski definition) is 3. The summed E-state index contributed by atoms with van der Waals surface area (Å²) in [5.74, 6) is 0. The van der Waals surface area contributed by atoms with Crippen molar-refractivity contribution in [3.63, 3.8) is 0 Å². The number of hydrogen-bond donors (Lipinski definition) is 1. The van der Waals surface area contributed by atoms with Gasteiger partial charge in [-0.15, -0.1) is 0 Å². The van der Waals surface area contributed by atoms with Gasteiger partial charge in [0.15, 0.2) is 0 Å². The molecule has 0 aromatic carbocycles. The maximum atomic E-state index is 5.31. The average molecular weight is 225 g/mol. The van der Waals surface area contributed by atoms with Crippen molar-refractivity contribution in [3.8, 4) is 0 Å². The van der Waals surface area contributed by atoms with E-state index in [1.54, 1.807) is 0 Å². The largest absolute Gasteiger partial charge is 0.380 e. The van der Waals surface area contributed by atoms with Gasteiger partial charge in [0.1, 0.15) is 0 Å². The number of rotatable bonds is 8. The number of aryl methyl sites for hydroxylation is 1. The van der Waals surface area contributed by atoms with E-state index in [2.05, 4.69) is 30.5 Å². The topological polar surface area (TPSA) is 39.1 Å². The maximum absolute atomic E-state index is 5.31. The summed E-state index contributed by atoms with van der Waals surface area (Å²) in [5, 5.41) is 7.85. The molecule has 1 aromatic rings. The van der Waals surface area contributed by atoms with Gasteiger partial charge in [-0.3, -0.25) is 4.68 Å². The number of nitrogens with zero attached hydrogens (tertiary/aromatic N) is 2. The summed E-state index contributed by atoms with van der Waals surface area (Å²) >= 11 is 0. The zero-order valence-electron chi connectivity index (χ0n) is 10.6. The second-order valence-electron chi connectivity index (χ2n) is 3.88. The Morgan fingerprint density at radius 2 is 2.25 bits per heavy atom. The van der Waals surface area contributed by atoms with Crippen LogP contribution < -0.4 is 5.32 Å². The molecule has 0 aliphatic carbocycles. The maximum Gasteiger partial charge on any atom is 0.0662 e. The van der Waals surface area contributed by atoms with Gasteiger partial charge < -0.3 is 10.1 Å². The molecule has 0 aliphatic rings. The van der Waals surface area contributed by atoms with Gasteiger partial charge in [0, 0.05) is 24.9 Å². The molecule has 92 valence electrons. The van der Waals surface area contributed by atoms with Crippen molar-refractivity contribution in [1.82, 2.24) is 15.1 Å². The Labute approximate surface area is 98.0 Å². The highest BCUT2D eigenvalue weighted by Gasteiger charge is 2.03. The van der Waals surface area contributed by atoms with Crippen LogP contribution in [0.15, 0.2) is 6.20 Å². The fourth-order valence-electron chi connectivity index (χ4n) is 1.55. The van der Waals surface area contributed by atoms with Crippen molar-refractivity contribution < 1.29 is 4.74 Å². The molecule has 4 heteroatoms. The van der Waals surface area contributed by atoms with Crippen molar-refractivity contribution in [1.29, 1.82) is 0 Å². The quantitative estimate of drug-likeness (QED) is 0.685. The van der Waals surface area contributed by atoms with E-state index < -0.39 is 0 Å². The third-order valence-electron chi connectivity index (χ3n) is 2.46. The zero-order valence-corrected chi connectivity index (χ0v) is 10.6. The van der Waals surface area contributed by atoms with Gasteiger partial charge in [-0.25, -0.2) is 0 Å². The molecule has 1 N–H and O–H groups in total. The van der Waals surface area contributed by atoms with Crippen LogP contribution >= 0.6 is 0 Å². The van der Waals surface area contributed by atoms with Crippen LogP contribution in [0.5, 0.6) is 0 Å². The standard InChI is InChI=1S/C12H23N3O/c1-4-6-13-9-12-10-15(14-11(12)3)7-8-16-5-2/h10,13H,4-9H2,1-3H3. The Kier molecular flexibility index (Phi) is 6.11. The van der Waals surface area contributed by atoms with Crippen molar-refractivity contribution in [3.05, 3.63) is 17.5 Å². The lowest BCUT2D eigenvalue weighted by molar-refractivity contribution is 0.136. The summed E-state index contributed by atoms with van der Waals surface area (Å²) in [6.07, 6.45) is 3.27. The monoisotopic (exact) mass is 225 g/mol. The Hall–Kier alpha value is -0.870. The molecule has 0 radical (unpaired) electrons. The minimum absolute atomic E-state index is 0.736. The Morgan fingerprint density at radius 1 is 1.44 bits per heavy atom. The van der Waals surface area contributed by atoms with Gasteiger partial charge in [0.2, 0.25) is 0 Å². The second-order valence-corrected chi connectivity index (χ2v) is 3.88. The molecule has 0 saturated carbocycles. The van der Waals surface area contributed by atoms with Crippen LogP contribution in [0.1, 0.15) is 31.5 Å². The van der Waals surface area contributed by atoms with Crippen LogP contribution in [0.4, 0.5) is 0 Å². The molecule has 0 unspecified atom stereocenters. The molecular formula is C12H23N3O. The summed E-state index contributed by atoms with van der Waals surface area (Å²) in [6, 6.07) is 0. The summed E-state index contributed by atoms with van der Waals surface area (Å²) < 4.78 is 7.27. The van der Waals surface area contributed by atoms with Crippen LogP contribution in [0, 0.1) is 6.92 Å². The molecule has 1 heterocycles. The molecule has 1 aromatic heterocycles. The Bertz CT molecular complexity index is 296. The summed E-state index contributed by atoms with van der Waals surface area (Å²) in [4.78, 5) is 0. The van der Waals surface area contributed by atoms with E-state index in [1.165, 1.54) is 5.56 Å². The third-order valence-corrected chi connectivity index (χ3v) is 2.46. The van der Waals surface area contributed by atoms with Crippen molar-refractivity contribution in [2.24, 2.45) is 0 Å². The minimum Gasteiger partial charge on any atom is -0.380 e. The highest BCUT2D eigenvalue weighted by Crippen LogP contribution is 2.05. The lowest BCUT2D eigenvalue weighted by Crippen LogP contribution is -2.13. The lowest BCUT2D eigenvalue weighted by Gasteiger charge is -2.01. The first-order valence-corrected chi connectivity index (χ1v) is 6.09. The summed E-state index contributed by atoms with van der Waals surface area (Å²) in [6.45, 7) is 10.5. The molecule has 0 aliphatic heterocycles. The fraction of sp³-hybridized carbons (Fsp3) is 0.750. The first-order valence-electron chi connectivity index (χ1n) is 6.09. The van der Waals surface area contributed by atoms with E-state index in [4.69, 9.17) is 4.74 Å². The van der Waals surface area contributed by atoms with Crippen molar-refractivity contribution in [2.45, 2.75) is 40.3 Å². The van der Waals surface area contributed by atoms with E-state index in [1.807, 2.05) is 11.6 Å². The molecule has 4 nitrogen and oxygen atoms in total. The van der Waals surface area contributed by atoms with Crippen LogP contribution in [0.2, 0.25) is 0 Å². The highest BCUT2D eigenvalue weighted by atomic mass is 16.5. The van der Waals surface area contributed by atoms with E-state index >= 15 is 0 Å². The normalized spacial score (nSPS) is 10.9. The molecule has 1 rings (SSSR count).